The van der Waals surface area contributed by atoms with Crippen LogP contribution in [0.2, 0.25) is 0 Å². The Hall–Kier alpha value is -0.710. The molecule has 1 fully saturated rings. The minimum absolute atomic E-state index is 0.0293. The monoisotopic (exact) mass is 286 g/mol. The molecule has 4 nitrogen and oxygen atoms in total. The average molecular weight is 286 g/mol. The molecular formula is C14H26N2O2S. The molecule has 0 aromatic rings. The second-order valence-corrected chi connectivity index (χ2v) is 5.54. The molecule has 0 spiro atoms. The SMILES string of the molecule is O=C(CS)NCCCCCC(=O)NC1CCCCC1. The van der Waals surface area contributed by atoms with Gasteiger partial charge in [0, 0.05) is 19.0 Å². The summed E-state index contributed by atoms with van der Waals surface area (Å²) in [7, 11) is 0. The summed E-state index contributed by atoms with van der Waals surface area (Å²) in [6.45, 7) is 0.684. The topological polar surface area (TPSA) is 58.2 Å². The lowest BCUT2D eigenvalue weighted by molar-refractivity contribution is -0.122. The Labute approximate surface area is 121 Å². The van der Waals surface area contributed by atoms with Crippen LogP contribution in [-0.4, -0.2) is 30.2 Å². The molecule has 0 aliphatic heterocycles. The quantitative estimate of drug-likeness (QED) is 0.472. The van der Waals surface area contributed by atoms with E-state index < -0.39 is 0 Å². The molecule has 0 aromatic heterocycles. The largest absolute Gasteiger partial charge is 0.355 e. The smallest absolute Gasteiger partial charge is 0.229 e. The van der Waals surface area contributed by atoms with E-state index in [0.717, 1.165) is 32.1 Å². The summed E-state index contributed by atoms with van der Waals surface area (Å²) in [5.41, 5.74) is 0. The highest BCUT2D eigenvalue weighted by Gasteiger charge is 2.14. The molecular weight excluding hydrogens is 260 g/mol. The zero-order valence-corrected chi connectivity index (χ0v) is 12.5. The fourth-order valence-electron chi connectivity index (χ4n) is 2.42. The van der Waals surface area contributed by atoms with Gasteiger partial charge in [-0.2, -0.15) is 12.6 Å². The molecule has 0 atom stereocenters. The van der Waals surface area contributed by atoms with E-state index in [2.05, 4.69) is 23.3 Å². The average Bonchev–Trinajstić information content (AvgIpc) is 2.43. The van der Waals surface area contributed by atoms with E-state index in [0.29, 0.717) is 19.0 Å². The summed E-state index contributed by atoms with van der Waals surface area (Å²) in [6, 6.07) is 0.413. The van der Waals surface area contributed by atoms with Crippen molar-refractivity contribution in [2.75, 3.05) is 12.3 Å². The molecule has 2 amide bonds. The first-order valence-electron chi connectivity index (χ1n) is 7.39. The van der Waals surface area contributed by atoms with Crippen molar-refractivity contribution in [2.24, 2.45) is 0 Å². The van der Waals surface area contributed by atoms with Crippen LogP contribution in [0.15, 0.2) is 0 Å². The predicted molar refractivity (Wildman–Crippen MR) is 80.3 cm³/mol. The number of thiol groups is 1. The van der Waals surface area contributed by atoms with Crippen LogP contribution < -0.4 is 10.6 Å². The fraction of sp³-hybridized carbons (Fsp3) is 0.857. The molecule has 1 aliphatic carbocycles. The maximum Gasteiger partial charge on any atom is 0.229 e. The number of carbonyl (C=O) groups is 2. The molecule has 1 rings (SSSR count). The zero-order chi connectivity index (χ0) is 13.9. The molecule has 0 radical (unpaired) electrons. The van der Waals surface area contributed by atoms with E-state index in [-0.39, 0.29) is 17.6 Å². The lowest BCUT2D eigenvalue weighted by Gasteiger charge is -2.22. The molecule has 2 N–H and O–H groups in total. The van der Waals surface area contributed by atoms with Crippen LogP contribution in [-0.2, 0) is 9.59 Å². The van der Waals surface area contributed by atoms with E-state index in [1.54, 1.807) is 0 Å². The number of hydrogen-bond donors (Lipinski definition) is 3. The minimum Gasteiger partial charge on any atom is -0.355 e. The third-order valence-electron chi connectivity index (χ3n) is 3.52. The van der Waals surface area contributed by atoms with Crippen molar-refractivity contribution in [3.63, 3.8) is 0 Å². The molecule has 0 aromatic carbocycles. The van der Waals surface area contributed by atoms with Crippen molar-refractivity contribution < 1.29 is 9.59 Å². The summed E-state index contributed by atoms with van der Waals surface area (Å²) < 4.78 is 0. The molecule has 0 saturated heterocycles. The van der Waals surface area contributed by atoms with Gasteiger partial charge < -0.3 is 10.6 Å². The Kier molecular flexibility index (Phi) is 8.71. The van der Waals surface area contributed by atoms with Gasteiger partial charge in [-0.15, -0.1) is 0 Å². The summed E-state index contributed by atoms with van der Waals surface area (Å²) in [5.74, 6) is 0.397. The van der Waals surface area contributed by atoms with Crippen molar-refractivity contribution in [2.45, 2.75) is 63.8 Å². The van der Waals surface area contributed by atoms with Crippen molar-refractivity contribution in [3.05, 3.63) is 0 Å². The van der Waals surface area contributed by atoms with E-state index >= 15 is 0 Å². The zero-order valence-electron chi connectivity index (χ0n) is 11.6. The van der Waals surface area contributed by atoms with Crippen LogP contribution in [0, 0.1) is 0 Å². The standard InChI is InChI=1S/C14H26N2O2S/c17-13(16-12-7-3-1-4-8-12)9-5-2-6-10-15-14(18)11-19/h12,19H,1-11H2,(H,15,18)(H,16,17). The highest BCUT2D eigenvalue weighted by Crippen LogP contribution is 2.17. The summed E-state index contributed by atoms with van der Waals surface area (Å²) >= 11 is 3.88. The maximum absolute atomic E-state index is 11.7. The number of amides is 2. The Balaban J connectivity index is 1.93. The normalized spacial score (nSPS) is 16.1. The first-order chi connectivity index (χ1) is 9.22. The molecule has 1 saturated carbocycles. The molecule has 0 bridgehead atoms. The van der Waals surface area contributed by atoms with Crippen molar-refractivity contribution in [1.29, 1.82) is 0 Å². The predicted octanol–water partition coefficient (Wildman–Crippen LogP) is 2.04. The van der Waals surface area contributed by atoms with Crippen LogP contribution in [0.4, 0.5) is 0 Å². The highest BCUT2D eigenvalue weighted by atomic mass is 32.1. The van der Waals surface area contributed by atoms with Crippen molar-refractivity contribution >= 4 is 24.4 Å². The molecule has 19 heavy (non-hydrogen) atoms. The van der Waals surface area contributed by atoms with Crippen LogP contribution in [0.1, 0.15) is 57.8 Å². The minimum atomic E-state index is -0.0293. The molecule has 1 aliphatic rings. The second kappa shape index (κ2) is 10.1. The molecule has 5 heteroatoms. The van der Waals surface area contributed by atoms with Gasteiger partial charge in [-0.1, -0.05) is 25.7 Å². The first-order valence-corrected chi connectivity index (χ1v) is 8.02. The van der Waals surface area contributed by atoms with Crippen LogP contribution in [0.3, 0.4) is 0 Å². The first kappa shape index (κ1) is 16.3. The van der Waals surface area contributed by atoms with Gasteiger partial charge in [0.1, 0.15) is 0 Å². The van der Waals surface area contributed by atoms with Crippen LogP contribution >= 0.6 is 12.6 Å². The number of rotatable bonds is 8. The van der Waals surface area contributed by atoms with Gasteiger partial charge in [0.05, 0.1) is 5.75 Å². The Morgan fingerprint density at radius 3 is 2.42 bits per heavy atom. The van der Waals surface area contributed by atoms with Gasteiger partial charge in [-0.3, -0.25) is 9.59 Å². The van der Waals surface area contributed by atoms with Gasteiger partial charge in [0.15, 0.2) is 0 Å². The van der Waals surface area contributed by atoms with Crippen LogP contribution in [0.5, 0.6) is 0 Å². The van der Waals surface area contributed by atoms with Gasteiger partial charge in [-0.05, 0) is 25.7 Å². The Morgan fingerprint density at radius 1 is 1.00 bits per heavy atom. The Morgan fingerprint density at radius 2 is 1.74 bits per heavy atom. The Bertz CT molecular complexity index is 279. The van der Waals surface area contributed by atoms with E-state index in [1.807, 2.05) is 0 Å². The maximum atomic E-state index is 11.7. The fourth-order valence-corrected chi connectivity index (χ4v) is 2.53. The van der Waals surface area contributed by atoms with Gasteiger partial charge in [0.25, 0.3) is 0 Å². The lowest BCUT2D eigenvalue weighted by atomic mass is 9.95. The third-order valence-corrected chi connectivity index (χ3v) is 3.80. The number of carbonyl (C=O) groups excluding carboxylic acids is 2. The number of unbranched alkanes of at least 4 members (excludes halogenated alkanes) is 2. The van der Waals surface area contributed by atoms with Gasteiger partial charge in [0.2, 0.25) is 11.8 Å². The third kappa shape index (κ3) is 8.14. The van der Waals surface area contributed by atoms with Crippen LogP contribution in [0.25, 0.3) is 0 Å². The summed E-state index contributed by atoms with van der Waals surface area (Å²) in [4.78, 5) is 22.6. The lowest BCUT2D eigenvalue weighted by Crippen LogP contribution is -2.36. The van der Waals surface area contributed by atoms with Crippen molar-refractivity contribution in [3.8, 4) is 0 Å². The van der Waals surface area contributed by atoms with Crippen molar-refractivity contribution in [1.82, 2.24) is 10.6 Å². The summed E-state index contributed by atoms with van der Waals surface area (Å²) in [6.07, 6.45) is 9.49. The second-order valence-electron chi connectivity index (χ2n) is 5.22. The molecule has 0 unspecified atom stereocenters. The van der Waals surface area contributed by atoms with Gasteiger partial charge >= 0.3 is 0 Å². The number of hydrogen-bond acceptors (Lipinski definition) is 3. The highest BCUT2D eigenvalue weighted by molar-refractivity contribution is 7.81. The van der Waals surface area contributed by atoms with E-state index in [1.165, 1.54) is 19.3 Å². The van der Waals surface area contributed by atoms with E-state index in [4.69, 9.17) is 0 Å². The number of nitrogens with one attached hydrogen (secondary N) is 2. The molecule has 0 heterocycles. The van der Waals surface area contributed by atoms with E-state index in [9.17, 15) is 9.59 Å². The molecule has 110 valence electrons. The summed E-state index contributed by atoms with van der Waals surface area (Å²) in [5, 5.41) is 5.89. The van der Waals surface area contributed by atoms with Gasteiger partial charge in [-0.25, -0.2) is 0 Å².